The van der Waals surface area contributed by atoms with E-state index in [1.165, 1.54) is 12.8 Å². The maximum absolute atomic E-state index is 11.9. The summed E-state index contributed by atoms with van der Waals surface area (Å²) in [5, 5.41) is 2.85. The summed E-state index contributed by atoms with van der Waals surface area (Å²) < 4.78 is 0. The Labute approximate surface area is 116 Å². The highest BCUT2D eigenvalue weighted by Gasteiger charge is 2.15. The lowest BCUT2D eigenvalue weighted by Crippen LogP contribution is -2.42. The third-order valence-corrected chi connectivity index (χ3v) is 3.62. The molecule has 5 heteroatoms. The number of carbonyl (C=O) groups excluding carboxylic acids is 2. The Bertz CT molecular complexity index is 282. The second-order valence-corrected chi connectivity index (χ2v) is 4.95. The van der Waals surface area contributed by atoms with Crippen LogP contribution < -0.4 is 5.32 Å². The molecule has 0 aromatic rings. The number of amides is 3. The van der Waals surface area contributed by atoms with E-state index in [2.05, 4.69) is 5.32 Å². The van der Waals surface area contributed by atoms with Gasteiger partial charge in [0.2, 0.25) is 5.91 Å². The van der Waals surface area contributed by atoms with E-state index in [0.29, 0.717) is 13.0 Å². The molecule has 19 heavy (non-hydrogen) atoms. The summed E-state index contributed by atoms with van der Waals surface area (Å²) in [6.45, 7) is 7.52. The van der Waals surface area contributed by atoms with E-state index in [-0.39, 0.29) is 11.9 Å². The molecule has 1 saturated heterocycles. The molecule has 1 N–H and O–H groups in total. The van der Waals surface area contributed by atoms with Gasteiger partial charge >= 0.3 is 6.03 Å². The van der Waals surface area contributed by atoms with Gasteiger partial charge in [-0.25, -0.2) is 4.79 Å². The van der Waals surface area contributed by atoms with Gasteiger partial charge in [-0.15, -0.1) is 0 Å². The highest BCUT2D eigenvalue weighted by atomic mass is 16.2. The predicted molar refractivity (Wildman–Crippen MR) is 76.0 cm³/mol. The smallest absolute Gasteiger partial charge is 0.317 e. The highest BCUT2D eigenvalue weighted by molar-refractivity contribution is 5.78. The maximum atomic E-state index is 11.9. The Hall–Kier alpha value is -1.26. The van der Waals surface area contributed by atoms with Gasteiger partial charge < -0.3 is 15.1 Å². The minimum absolute atomic E-state index is 0.0192. The van der Waals surface area contributed by atoms with Crippen LogP contribution >= 0.6 is 0 Å². The molecule has 1 aliphatic rings. The monoisotopic (exact) mass is 269 g/mol. The molecule has 0 atom stereocenters. The molecule has 0 unspecified atom stereocenters. The second-order valence-electron chi connectivity index (χ2n) is 4.95. The lowest BCUT2D eigenvalue weighted by atomic mass is 10.2. The minimum atomic E-state index is -0.0192. The van der Waals surface area contributed by atoms with Crippen LogP contribution in [0.2, 0.25) is 0 Å². The van der Waals surface area contributed by atoms with Crippen LogP contribution in [0, 0.1) is 0 Å². The Kier molecular flexibility index (Phi) is 7.30. The van der Waals surface area contributed by atoms with Crippen molar-refractivity contribution in [3.63, 3.8) is 0 Å². The van der Waals surface area contributed by atoms with E-state index in [1.807, 2.05) is 18.7 Å². The summed E-state index contributed by atoms with van der Waals surface area (Å²) in [4.78, 5) is 27.4. The topological polar surface area (TPSA) is 52.7 Å². The van der Waals surface area contributed by atoms with E-state index in [0.717, 1.165) is 39.0 Å². The molecule has 1 aliphatic heterocycles. The van der Waals surface area contributed by atoms with E-state index < -0.39 is 0 Å². The number of nitrogens with zero attached hydrogens (tertiary/aromatic N) is 2. The Morgan fingerprint density at radius 2 is 1.63 bits per heavy atom. The van der Waals surface area contributed by atoms with Crippen molar-refractivity contribution < 1.29 is 9.59 Å². The van der Waals surface area contributed by atoms with Crippen molar-refractivity contribution >= 4 is 11.9 Å². The standard InChI is InChI=1S/C14H27N3O2/c1-3-16(4-2)13(18)9-10-15-14(19)17-11-7-5-6-8-12-17/h3-12H2,1-2H3,(H,15,19). The number of carbonyl (C=O) groups is 2. The van der Waals surface area contributed by atoms with Crippen molar-refractivity contribution in [2.75, 3.05) is 32.7 Å². The zero-order valence-electron chi connectivity index (χ0n) is 12.3. The van der Waals surface area contributed by atoms with Gasteiger partial charge in [-0.3, -0.25) is 4.79 Å². The number of likely N-dealkylation sites (tertiary alicyclic amines) is 1. The van der Waals surface area contributed by atoms with E-state index in [1.54, 1.807) is 4.90 Å². The van der Waals surface area contributed by atoms with Crippen LogP contribution in [-0.2, 0) is 4.79 Å². The average molecular weight is 269 g/mol. The van der Waals surface area contributed by atoms with Gasteiger partial charge in [0.05, 0.1) is 0 Å². The van der Waals surface area contributed by atoms with Crippen molar-refractivity contribution in [1.29, 1.82) is 0 Å². The van der Waals surface area contributed by atoms with Gasteiger partial charge in [0, 0.05) is 39.1 Å². The van der Waals surface area contributed by atoms with Gasteiger partial charge in [-0.2, -0.15) is 0 Å². The summed E-state index contributed by atoms with van der Waals surface area (Å²) in [6, 6.07) is -0.0192. The molecule has 1 rings (SSSR count). The zero-order valence-corrected chi connectivity index (χ0v) is 12.3. The number of urea groups is 1. The lowest BCUT2D eigenvalue weighted by Gasteiger charge is -2.22. The molecule has 1 heterocycles. The first-order chi connectivity index (χ1) is 9.19. The highest BCUT2D eigenvalue weighted by Crippen LogP contribution is 2.09. The molecule has 1 fully saturated rings. The fourth-order valence-corrected chi connectivity index (χ4v) is 2.40. The van der Waals surface area contributed by atoms with Crippen LogP contribution in [-0.4, -0.2) is 54.5 Å². The first-order valence-corrected chi connectivity index (χ1v) is 7.49. The van der Waals surface area contributed by atoms with Crippen LogP contribution in [0.25, 0.3) is 0 Å². The van der Waals surface area contributed by atoms with Crippen LogP contribution in [0.4, 0.5) is 4.79 Å². The third-order valence-electron chi connectivity index (χ3n) is 3.62. The van der Waals surface area contributed by atoms with E-state index in [9.17, 15) is 9.59 Å². The Morgan fingerprint density at radius 1 is 1.05 bits per heavy atom. The molecule has 0 aromatic carbocycles. The molecular weight excluding hydrogens is 242 g/mol. The molecule has 110 valence electrons. The Morgan fingerprint density at radius 3 is 2.16 bits per heavy atom. The first-order valence-electron chi connectivity index (χ1n) is 7.49. The molecule has 3 amide bonds. The molecule has 0 aromatic heterocycles. The Balaban J connectivity index is 2.24. The van der Waals surface area contributed by atoms with Gasteiger partial charge in [-0.1, -0.05) is 12.8 Å². The van der Waals surface area contributed by atoms with Crippen molar-refractivity contribution in [2.24, 2.45) is 0 Å². The van der Waals surface area contributed by atoms with Crippen molar-refractivity contribution in [3.8, 4) is 0 Å². The van der Waals surface area contributed by atoms with E-state index in [4.69, 9.17) is 0 Å². The number of hydrogen-bond donors (Lipinski definition) is 1. The maximum Gasteiger partial charge on any atom is 0.317 e. The van der Waals surface area contributed by atoms with Gasteiger partial charge in [0.1, 0.15) is 0 Å². The van der Waals surface area contributed by atoms with E-state index >= 15 is 0 Å². The summed E-state index contributed by atoms with van der Waals surface area (Å²) in [5.74, 6) is 0.112. The fraction of sp³-hybridized carbons (Fsp3) is 0.857. The fourth-order valence-electron chi connectivity index (χ4n) is 2.40. The quantitative estimate of drug-likeness (QED) is 0.828. The summed E-state index contributed by atoms with van der Waals surface area (Å²) in [7, 11) is 0. The molecule has 0 saturated carbocycles. The van der Waals surface area contributed by atoms with Gasteiger partial charge in [-0.05, 0) is 26.7 Å². The number of nitrogens with one attached hydrogen (secondary N) is 1. The van der Waals surface area contributed by atoms with Crippen LogP contribution in [0.1, 0.15) is 46.0 Å². The van der Waals surface area contributed by atoms with Crippen LogP contribution in [0.5, 0.6) is 0 Å². The van der Waals surface area contributed by atoms with Gasteiger partial charge in [0.25, 0.3) is 0 Å². The van der Waals surface area contributed by atoms with Crippen LogP contribution in [0.15, 0.2) is 0 Å². The SMILES string of the molecule is CCN(CC)C(=O)CCNC(=O)N1CCCCCC1. The molecule has 0 aliphatic carbocycles. The molecule has 0 spiro atoms. The summed E-state index contributed by atoms with van der Waals surface area (Å²) in [5.41, 5.74) is 0. The normalized spacial score (nSPS) is 15.8. The van der Waals surface area contributed by atoms with Crippen molar-refractivity contribution in [1.82, 2.24) is 15.1 Å². The molecule has 0 bridgehead atoms. The van der Waals surface area contributed by atoms with Crippen LogP contribution in [0.3, 0.4) is 0 Å². The van der Waals surface area contributed by atoms with Crippen molar-refractivity contribution in [2.45, 2.75) is 46.0 Å². The predicted octanol–water partition coefficient (Wildman–Crippen LogP) is 1.83. The second kappa shape index (κ2) is 8.77. The van der Waals surface area contributed by atoms with Crippen molar-refractivity contribution in [3.05, 3.63) is 0 Å². The van der Waals surface area contributed by atoms with Gasteiger partial charge in [0.15, 0.2) is 0 Å². The summed E-state index contributed by atoms with van der Waals surface area (Å²) >= 11 is 0. The minimum Gasteiger partial charge on any atom is -0.343 e. The first kappa shape index (κ1) is 15.8. The summed E-state index contributed by atoms with van der Waals surface area (Å²) in [6.07, 6.45) is 4.99. The number of hydrogen-bond acceptors (Lipinski definition) is 2. The number of rotatable bonds is 5. The average Bonchev–Trinajstić information content (AvgIpc) is 2.69. The lowest BCUT2D eigenvalue weighted by molar-refractivity contribution is -0.130. The molecule has 0 radical (unpaired) electrons. The third kappa shape index (κ3) is 5.49. The largest absolute Gasteiger partial charge is 0.343 e. The zero-order chi connectivity index (χ0) is 14.1. The molecular formula is C14H27N3O2. The molecule has 5 nitrogen and oxygen atoms in total.